The fourth-order valence-corrected chi connectivity index (χ4v) is 3.66. The zero-order valence-corrected chi connectivity index (χ0v) is 20.6. The first-order chi connectivity index (χ1) is 15.6. The van der Waals surface area contributed by atoms with Crippen LogP contribution in [0.25, 0.3) is 0 Å². The summed E-state index contributed by atoms with van der Waals surface area (Å²) in [6.07, 6.45) is 2.07. The molecule has 2 heterocycles. The van der Waals surface area contributed by atoms with E-state index in [2.05, 4.69) is 21.2 Å². The molecule has 0 saturated carbocycles. The number of benzene rings is 2. The highest BCUT2D eigenvalue weighted by Gasteiger charge is 2.20. The molecule has 0 unspecified atom stereocenters. The molecule has 176 valence electrons. The Morgan fingerprint density at radius 1 is 0.909 bits per heavy atom. The molecule has 1 amide bonds. The summed E-state index contributed by atoms with van der Waals surface area (Å²) < 4.78 is 17.1. The molecule has 0 atom stereocenters. The Morgan fingerprint density at radius 2 is 1.45 bits per heavy atom. The second kappa shape index (κ2) is 10.8. The lowest BCUT2D eigenvalue weighted by molar-refractivity contribution is 0.0635. The second-order valence-corrected chi connectivity index (χ2v) is 9.64. The van der Waals surface area contributed by atoms with Crippen molar-refractivity contribution in [2.24, 2.45) is 0 Å². The highest BCUT2D eigenvalue weighted by Crippen LogP contribution is 2.28. The van der Waals surface area contributed by atoms with Gasteiger partial charge in [0.05, 0.1) is 24.3 Å². The van der Waals surface area contributed by atoms with Crippen molar-refractivity contribution in [2.75, 3.05) is 18.5 Å². The summed E-state index contributed by atoms with van der Waals surface area (Å²) in [5, 5.41) is 2.63. The van der Waals surface area contributed by atoms with E-state index in [1.54, 1.807) is 39.0 Å². The van der Waals surface area contributed by atoms with Crippen LogP contribution in [0.15, 0.2) is 40.9 Å². The number of hydrogen-bond donors (Lipinski definition) is 1. The van der Waals surface area contributed by atoms with Crippen molar-refractivity contribution in [3.05, 3.63) is 52.0 Å². The molecule has 2 aliphatic rings. The number of anilines is 1. The number of halogens is 1. The van der Waals surface area contributed by atoms with Gasteiger partial charge in [-0.3, -0.25) is 14.9 Å². The smallest absolute Gasteiger partial charge is 0.412 e. The molecule has 2 aromatic carbocycles. The molecule has 7 nitrogen and oxygen atoms in total. The number of Topliss-reactive ketones (excluding diaryl/α,β-unsaturated/α-hetero) is 2. The number of ether oxygens (including phenoxy) is 3. The molecule has 0 spiro atoms. The fourth-order valence-electron chi connectivity index (χ4n) is 3.32. The summed E-state index contributed by atoms with van der Waals surface area (Å²) in [5.41, 5.74) is 1.27. The van der Waals surface area contributed by atoms with Crippen LogP contribution in [0.1, 0.15) is 67.2 Å². The molecule has 2 aliphatic heterocycles. The third-order valence-corrected chi connectivity index (χ3v) is 5.28. The first-order valence-corrected chi connectivity index (χ1v) is 11.7. The maximum atomic E-state index is 11.8. The lowest BCUT2D eigenvalue weighted by Crippen LogP contribution is -2.27. The van der Waals surface area contributed by atoms with Crippen LogP contribution in [0, 0.1) is 0 Å². The predicted molar refractivity (Wildman–Crippen MR) is 129 cm³/mol. The van der Waals surface area contributed by atoms with E-state index in [0.29, 0.717) is 60.8 Å². The van der Waals surface area contributed by atoms with E-state index < -0.39 is 11.7 Å². The van der Waals surface area contributed by atoms with Crippen LogP contribution in [0.4, 0.5) is 10.5 Å². The Balaban J connectivity index is 0.000000203. The Labute approximate surface area is 201 Å². The zero-order valence-electron chi connectivity index (χ0n) is 19.0. The number of nitrogens with one attached hydrogen (secondary N) is 1. The van der Waals surface area contributed by atoms with Crippen molar-refractivity contribution in [3.8, 4) is 11.5 Å². The van der Waals surface area contributed by atoms with Gasteiger partial charge in [0, 0.05) is 29.1 Å². The van der Waals surface area contributed by atoms with Crippen molar-refractivity contribution in [1.82, 2.24) is 0 Å². The van der Waals surface area contributed by atoms with Gasteiger partial charge in [0.1, 0.15) is 17.1 Å². The van der Waals surface area contributed by atoms with Crippen LogP contribution in [0.5, 0.6) is 11.5 Å². The SMILES string of the molecule is CC(C)(C)OC(=O)Nc1ccc2c(c1)OCCCC2=O.O=C1CCCOc2cc(Br)ccc21. The molecule has 8 heteroatoms. The number of carbonyl (C=O) groups is 3. The van der Waals surface area contributed by atoms with Crippen LogP contribution >= 0.6 is 15.9 Å². The summed E-state index contributed by atoms with van der Waals surface area (Å²) in [7, 11) is 0. The van der Waals surface area contributed by atoms with E-state index in [1.165, 1.54) is 0 Å². The van der Waals surface area contributed by atoms with E-state index in [9.17, 15) is 14.4 Å². The van der Waals surface area contributed by atoms with Crippen LogP contribution in [-0.4, -0.2) is 36.5 Å². The first kappa shape index (κ1) is 24.8. The monoisotopic (exact) mass is 517 g/mol. The topological polar surface area (TPSA) is 90.9 Å². The first-order valence-electron chi connectivity index (χ1n) is 10.9. The molecule has 0 aliphatic carbocycles. The summed E-state index contributed by atoms with van der Waals surface area (Å²) >= 11 is 3.34. The summed E-state index contributed by atoms with van der Waals surface area (Å²) in [5.74, 6) is 1.47. The van der Waals surface area contributed by atoms with Gasteiger partial charge in [-0.25, -0.2) is 4.79 Å². The lowest BCUT2D eigenvalue weighted by atomic mass is 10.1. The fraction of sp³-hybridized carbons (Fsp3) is 0.400. The predicted octanol–water partition coefficient (Wildman–Crippen LogP) is 6.19. The van der Waals surface area contributed by atoms with Gasteiger partial charge >= 0.3 is 6.09 Å². The van der Waals surface area contributed by atoms with Crippen molar-refractivity contribution in [2.45, 2.75) is 52.1 Å². The van der Waals surface area contributed by atoms with Gasteiger partial charge in [-0.1, -0.05) is 15.9 Å². The van der Waals surface area contributed by atoms with Crippen LogP contribution in [-0.2, 0) is 4.74 Å². The normalized spacial score (nSPS) is 15.3. The lowest BCUT2D eigenvalue weighted by Gasteiger charge is -2.20. The summed E-state index contributed by atoms with van der Waals surface area (Å²) in [6, 6.07) is 10.5. The van der Waals surface area contributed by atoms with Gasteiger partial charge in [-0.15, -0.1) is 0 Å². The summed E-state index contributed by atoms with van der Waals surface area (Å²) in [4.78, 5) is 35.0. The molecule has 0 bridgehead atoms. The van der Waals surface area contributed by atoms with Gasteiger partial charge in [-0.2, -0.15) is 0 Å². The third-order valence-electron chi connectivity index (χ3n) is 4.78. The minimum atomic E-state index is -0.553. The Bertz CT molecular complexity index is 1040. The average Bonchev–Trinajstić information content (AvgIpc) is 3.02. The van der Waals surface area contributed by atoms with Crippen molar-refractivity contribution in [1.29, 1.82) is 0 Å². The highest BCUT2D eigenvalue weighted by atomic mass is 79.9. The quantitative estimate of drug-likeness (QED) is 0.484. The minimum absolute atomic E-state index is 0.0707. The number of hydrogen-bond acceptors (Lipinski definition) is 6. The van der Waals surface area contributed by atoms with E-state index in [-0.39, 0.29) is 11.6 Å². The number of carbonyl (C=O) groups excluding carboxylic acids is 3. The maximum absolute atomic E-state index is 11.8. The van der Waals surface area contributed by atoms with Gasteiger partial charge in [0.15, 0.2) is 11.6 Å². The number of amides is 1. The molecule has 4 rings (SSSR count). The van der Waals surface area contributed by atoms with Gasteiger partial charge in [-0.05, 0) is 63.9 Å². The third kappa shape index (κ3) is 7.32. The average molecular weight is 518 g/mol. The molecule has 0 aromatic heterocycles. The molecule has 33 heavy (non-hydrogen) atoms. The largest absolute Gasteiger partial charge is 0.493 e. The van der Waals surface area contributed by atoms with Gasteiger partial charge in [0.25, 0.3) is 0 Å². The molecule has 0 fully saturated rings. The van der Waals surface area contributed by atoms with Crippen molar-refractivity contribution < 1.29 is 28.6 Å². The summed E-state index contributed by atoms with van der Waals surface area (Å²) in [6.45, 7) is 6.53. The Kier molecular flexibility index (Phi) is 8.13. The highest BCUT2D eigenvalue weighted by molar-refractivity contribution is 9.10. The Hall–Kier alpha value is -2.87. The van der Waals surface area contributed by atoms with Crippen LogP contribution < -0.4 is 14.8 Å². The van der Waals surface area contributed by atoms with Crippen LogP contribution in [0.2, 0.25) is 0 Å². The van der Waals surface area contributed by atoms with E-state index in [1.807, 2.05) is 18.2 Å². The van der Waals surface area contributed by atoms with Gasteiger partial charge in [0.2, 0.25) is 0 Å². The molecule has 0 radical (unpaired) electrons. The Morgan fingerprint density at radius 3 is 2.03 bits per heavy atom. The second-order valence-electron chi connectivity index (χ2n) is 8.73. The molecule has 2 aromatic rings. The molecule has 0 saturated heterocycles. The minimum Gasteiger partial charge on any atom is -0.493 e. The van der Waals surface area contributed by atoms with Crippen molar-refractivity contribution >= 4 is 39.3 Å². The maximum Gasteiger partial charge on any atom is 0.412 e. The van der Waals surface area contributed by atoms with Crippen molar-refractivity contribution in [3.63, 3.8) is 0 Å². The standard InChI is InChI=1S/C15H19NO4.C10H9BrO2/c1-15(2,3)20-14(18)16-10-6-7-11-12(17)5-4-8-19-13(11)9-10;11-7-3-4-8-9(12)2-1-5-13-10(8)6-7/h6-7,9H,4-5,8H2,1-3H3,(H,16,18);3-4,6H,1-2,5H2. The van der Waals surface area contributed by atoms with E-state index in [0.717, 1.165) is 10.9 Å². The van der Waals surface area contributed by atoms with Crippen LogP contribution in [0.3, 0.4) is 0 Å². The molecular formula is C25H28BrNO6. The van der Waals surface area contributed by atoms with E-state index >= 15 is 0 Å². The molecular weight excluding hydrogens is 490 g/mol. The van der Waals surface area contributed by atoms with E-state index in [4.69, 9.17) is 14.2 Å². The number of fused-ring (bicyclic) bond motifs is 2. The molecule has 1 N–H and O–H groups in total. The van der Waals surface area contributed by atoms with Gasteiger partial charge < -0.3 is 14.2 Å². The number of ketones is 2. The zero-order chi connectivity index (χ0) is 24.0. The number of rotatable bonds is 1.